The zero-order valence-corrected chi connectivity index (χ0v) is 12.0. The maximum absolute atomic E-state index is 11.8. The zero-order valence-electron chi connectivity index (χ0n) is 12.0. The van der Waals surface area contributed by atoms with Crippen molar-refractivity contribution < 1.29 is 5.11 Å². The molecule has 1 atom stereocenters. The van der Waals surface area contributed by atoms with Gasteiger partial charge in [0, 0.05) is 25.7 Å². The van der Waals surface area contributed by atoms with Crippen LogP contribution in [-0.2, 0) is 14.1 Å². The fourth-order valence-electron chi connectivity index (χ4n) is 1.87. The predicted molar refractivity (Wildman–Crippen MR) is 78.0 cm³/mol. The van der Waals surface area contributed by atoms with Gasteiger partial charge in [-0.1, -0.05) is 18.2 Å². The molecule has 0 radical (unpaired) electrons. The van der Waals surface area contributed by atoms with Gasteiger partial charge < -0.3 is 5.11 Å². The van der Waals surface area contributed by atoms with Crippen molar-refractivity contribution in [2.24, 2.45) is 24.3 Å². The van der Waals surface area contributed by atoms with Crippen LogP contribution >= 0.6 is 0 Å². The minimum Gasteiger partial charge on any atom is -0.508 e. The summed E-state index contributed by atoms with van der Waals surface area (Å²) in [5.74, 6) is 0.298. The highest BCUT2D eigenvalue weighted by Gasteiger charge is 2.09. The van der Waals surface area contributed by atoms with Crippen molar-refractivity contribution in [3.63, 3.8) is 0 Å². The van der Waals surface area contributed by atoms with E-state index in [4.69, 9.17) is 0 Å². The molecule has 0 bridgehead atoms. The molecule has 7 heteroatoms. The summed E-state index contributed by atoms with van der Waals surface area (Å²) in [6, 6.07) is 7.65. The van der Waals surface area contributed by atoms with Gasteiger partial charge in [-0.25, -0.2) is 4.79 Å². The summed E-state index contributed by atoms with van der Waals surface area (Å²) in [5, 5.41) is 17.8. The van der Waals surface area contributed by atoms with E-state index < -0.39 is 17.3 Å². The lowest BCUT2D eigenvalue weighted by Gasteiger charge is -2.08. The van der Waals surface area contributed by atoms with Crippen molar-refractivity contribution in [2.75, 3.05) is 0 Å². The summed E-state index contributed by atoms with van der Waals surface area (Å²) in [4.78, 5) is 23.4. The Labute approximate surface area is 120 Å². The van der Waals surface area contributed by atoms with Gasteiger partial charge in [0.25, 0.3) is 5.56 Å². The smallest absolute Gasteiger partial charge is 0.332 e. The third kappa shape index (κ3) is 2.91. The average molecular weight is 288 g/mol. The first-order valence-electron chi connectivity index (χ1n) is 6.37. The van der Waals surface area contributed by atoms with Crippen LogP contribution in [0.15, 0.2) is 50.1 Å². The summed E-state index contributed by atoms with van der Waals surface area (Å²) in [5.41, 5.74) is -0.288. The molecule has 1 unspecified atom stereocenters. The highest BCUT2D eigenvalue weighted by Crippen LogP contribution is 2.26. The number of phenolic OH excluding ortho intramolecular Hbond substituents is 1. The number of phenols is 1. The summed E-state index contributed by atoms with van der Waals surface area (Å²) < 4.78 is 2.23. The van der Waals surface area contributed by atoms with Crippen molar-refractivity contribution in [2.45, 2.75) is 13.0 Å². The maximum atomic E-state index is 11.8. The van der Waals surface area contributed by atoms with Crippen molar-refractivity contribution >= 4 is 5.82 Å². The number of hydrogen-bond donors (Lipinski definition) is 1. The average Bonchev–Trinajstić information content (AvgIpc) is 2.47. The second kappa shape index (κ2) is 5.74. The lowest BCUT2D eigenvalue weighted by Crippen LogP contribution is -2.35. The van der Waals surface area contributed by atoms with Crippen LogP contribution in [0.5, 0.6) is 5.75 Å². The van der Waals surface area contributed by atoms with Gasteiger partial charge in [0.15, 0.2) is 5.82 Å². The van der Waals surface area contributed by atoms with Gasteiger partial charge in [-0.2, -0.15) is 5.11 Å². The van der Waals surface area contributed by atoms with Crippen LogP contribution < -0.4 is 11.2 Å². The summed E-state index contributed by atoms with van der Waals surface area (Å²) in [6.07, 6.45) is 0. The Balaban J connectivity index is 2.37. The molecule has 2 aromatic rings. The monoisotopic (exact) mass is 288 g/mol. The molecule has 2 rings (SSSR count). The Morgan fingerprint density at radius 1 is 1.14 bits per heavy atom. The number of aromatic hydroxyl groups is 1. The minimum atomic E-state index is -0.466. The van der Waals surface area contributed by atoms with E-state index in [1.807, 2.05) is 0 Å². The summed E-state index contributed by atoms with van der Waals surface area (Å²) >= 11 is 0. The van der Waals surface area contributed by atoms with Gasteiger partial charge in [-0.05, 0) is 13.0 Å². The number of azo groups is 1. The summed E-state index contributed by atoms with van der Waals surface area (Å²) in [6.45, 7) is 1.76. The Kier molecular flexibility index (Phi) is 4.02. The zero-order chi connectivity index (χ0) is 15.6. The molecular weight excluding hydrogens is 272 g/mol. The number of aromatic nitrogens is 2. The summed E-state index contributed by atoms with van der Waals surface area (Å²) in [7, 11) is 2.91. The molecule has 110 valence electrons. The van der Waals surface area contributed by atoms with E-state index in [1.54, 1.807) is 31.2 Å². The number of hydrogen-bond acceptors (Lipinski definition) is 5. The molecule has 0 aliphatic rings. The maximum Gasteiger partial charge on any atom is 0.332 e. The third-order valence-corrected chi connectivity index (χ3v) is 3.22. The second-order valence-corrected chi connectivity index (χ2v) is 4.69. The van der Waals surface area contributed by atoms with Crippen molar-refractivity contribution in [3.8, 4) is 5.75 Å². The third-order valence-electron chi connectivity index (χ3n) is 3.22. The second-order valence-electron chi connectivity index (χ2n) is 4.69. The van der Waals surface area contributed by atoms with E-state index in [0.717, 1.165) is 4.57 Å². The van der Waals surface area contributed by atoms with Crippen LogP contribution in [0.1, 0.15) is 18.5 Å². The Morgan fingerprint density at radius 3 is 2.48 bits per heavy atom. The molecular formula is C14H16N4O3. The van der Waals surface area contributed by atoms with Crippen LogP contribution in [0.25, 0.3) is 0 Å². The largest absolute Gasteiger partial charge is 0.508 e. The van der Waals surface area contributed by atoms with Crippen LogP contribution in [-0.4, -0.2) is 14.2 Å². The van der Waals surface area contributed by atoms with Crippen LogP contribution in [0.2, 0.25) is 0 Å². The van der Waals surface area contributed by atoms with Gasteiger partial charge in [0.2, 0.25) is 0 Å². The molecule has 0 fully saturated rings. The first-order chi connectivity index (χ1) is 9.91. The molecule has 7 nitrogen and oxygen atoms in total. The molecule has 1 N–H and O–H groups in total. The van der Waals surface area contributed by atoms with Gasteiger partial charge in [0.05, 0.1) is 6.04 Å². The topological polar surface area (TPSA) is 89.0 Å². The molecule has 0 saturated carbocycles. The van der Waals surface area contributed by atoms with E-state index in [9.17, 15) is 14.7 Å². The Morgan fingerprint density at radius 2 is 1.81 bits per heavy atom. The van der Waals surface area contributed by atoms with Crippen LogP contribution in [0, 0.1) is 0 Å². The minimum absolute atomic E-state index is 0.127. The SMILES string of the molecule is CC(N=Nc1cc(=O)n(C)c(=O)n1C)c1ccccc1O. The number of benzene rings is 1. The van der Waals surface area contributed by atoms with Crippen molar-refractivity contribution in [3.05, 3.63) is 56.7 Å². The van der Waals surface area contributed by atoms with E-state index >= 15 is 0 Å². The van der Waals surface area contributed by atoms with E-state index in [-0.39, 0.29) is 11.6 Å². The van der Waals surface area contributed by atoms with Gasteiger partial charge >= 0.3 is 5.69 Å². The van der Waals surface area contributed by atoms with Crippen LogP contribution in [0.3, 0.4) is 0 Å². The fourth-order valence-corrected chi connectivity index (χ4v) is 1.87. The molecule has 21 heavy (non-hydrogen) atoms. The lowest BCUT2D eigenvalue weighted by atomic mass is 10.1. The Hall–Kier alpha value is -2.70. The molecule has 0 amide bonds. The molecule has 1 aromatic carbocycles. The standard InChI is InChI=1S/C14H16N4O3/c1-9(10-6-4-5-7-11(10)19)15-16-12-8-13(20)18(3)14(21)17(12)2/h4-9,19H,1-3H3. The van der Waals surface area contributed by atoms with Crippen molar-refractivity contribution in [1.82, 2.24) is 9.13 Å². The molecule has 0 spiro atoms. The molecule has 0 aliphatic carbocycles. The normalized spacial score (nSPS) is 12.7. The Bertz CT molecular complexity index is 805. The van der Waals surface area contributed by atoms with E-state index in [2.05, 4.69) is 10.2 Å². The quantitative estimate of drug-likeness (QED) is 0.870. The number of rotatable bonds is 3. The van der Waals surface area contributed by atoms with Crippen molar-refractivity contribution in [1.29, 1.82) is 0 Å². The fraction of sp³-hybridized carbons (Fsp3) is 0.286. The molecule has 1 heterocycles. The number of nitrogens with zero attached hydrogens (tertiary/aromatic N) is 4. The van der Waals surface area contributed by atoms with E-state index in [1.165, 1.54) is 24.7 Å². The number of para-hydroxylation sites is 1. The van der Waals surface area contributed by atoms with Gasteiger partial charge in [-0.3, -0.25) is 13.9 Å². The first-order valence-corrected chi connectivity index (χ1v) is 6.37. The van der Waals surface area contributed by atoms with E-state index in [0.29, 0.717) is 5.56 Å². The molecule has 0 aliphatic heterocycles. The molecule has 1 aromatic heterocycles. The first kappa shape index (κ1) is 14.7. The van der Waals surface area contributed by atoms with Gasteiger partial charge in [-0.15, -0.1) is 5.11 Å². The predicted octanol–water partition coefficient (Wildman–Crippen LogP) is 1.63. The molecule has 0 saturated heterocycles. The lowest BCUT2D eigenvalue weighted by molar-refractivity contribution is 0.463. The highest BCUT2D eigenvalue weighted by atomic mass is 16.3. The highest BCUT2D eigenvalue weighted by molar-refractivity contribution is 5.34. The van der Waals surface area contributed by atoms with Gasteiger partial charge in [0.1, 0.15) is 5.75 Å². The van der Waals surface area contributed by atoms with Crippen LogP contribution in [0.4, 0.5) is 5.82 Å².